The summed E-state index contributed by atoms with van der Waals surface area (Å²) in [4.78, 5) is 13.1. The van der Waals surface area contributed by atoms with Crippen LogP contribution in [0.4, 0.5) is 4.39 Å². The number of sulfone groups is 1. The summed E-state index contributed by atoms with van der Waals surface area (Å²) in [7, 11) is -3.47. The molecular formula is C22H19BrFNO3S. The minimum atomic E-state index is -3.47. The van der Waals surface area contributed by atoms with Crippen LogP contribution in [0, 0.1) is 12.7 Å². The molecule has 0 aliphatic carbocycles. The number of carbonyl (C=O) groups is 1. The van der Waals surface area contributed by atoms with Crippen LogP contribution >= 0.6 is 15.9 Å². The Bertz CT molecular complexity index is 1160. The fourth-order valence-corrected chi connectivity index (χ4v) is 3.99. The van der Waals surface area contributed by atoms with E-state index in [0.29, 0.717) is 21.2 Å². The van der Waals surface area contributed by atoms with Gasteiger partial charge >= 0.3 is 0 Å². The molecule has 0 aromatic heterocycles. The molecule has 0 bridgehead atoms. The molecule has 0 saturated carbocycles. The average Bonchev–Trinajstić information content (AvgIpc) is 2.66. The summed E-state index contributed by atoms with van der Waals surface area (Å²) in [6.07, 6.45) is 1.09. The van der Waals surface area contributed by atoms with E-state index in [0.717, 1.165) is 6.26 Å². The van der Waals surface area contributed by atoms with Gasteiger partial charge in [-0.3, -0.25) is 4.79 Å². The Labute approximate surface area is 177 Å². The number of hydrogen-bond acceptors (Lipinski definition) is 3. The first-order chi connectivity index (χ1) is 13.7. The Kier molecular flexibility index (Phi) is 6.19. The van der Waals surface area contributed by atoms with Crippen molar-refractivity contribution < 1.29 is 17.6 Å². The van der Waals surface area contributed by atoms with Crippen LogP contribution in [-0.4, -0.2) is 20.6 Å². The molecule has 0 radical (unpaired) electrons. The highest BCUT2D eigenvalue weighted by Crippen LogP contribution is 2.27. The van der Waals surface area contributed by atoms with Gasteiger partial charge in [0.25, 0.3) is 5.91 Å². The third kappa shape index (κ3) is 4.92. The Morgan fingerprint density at radius 2 is 1.72 bits per heavy atom. The molecule has 4 nitrogen and oxygen atoms in total. The van der Waals surface area contributed by atoms with Gasteiger partial charge in [-0.15, -0.1) is 0 Å². The van der Waals surface area contributed by atoms with Crippen molar-refractivity contribution >= 4 is 31.7 Å². The minimum absolute atomic E-state index is 0.0549. The van der Waals surface area contributed by atoms with Crippen LogP contribution in [0.5, 0.6) is 0 Å². The predicted octanol–water partition coefficient (Wildman–Crippen LogP) is 4.82. The van der Waals surface area contributed by atoms with E-state index < -0.39 is 27.6 Å². The smallest absolute Gasteiger partial charge is 0.252 e. The number of amides is 1. The molecule has 29 heavy (non-hydrogen) atoms. The largest absolute Gasteiger partial charge is 0.341 e. The number of carbonyl (C=O) groups excluding carboxylic acids is 1. The summed E-state index contributed by atoms with van der Waals surface area (Å²) >= 11 is 3.24. The van der Waals surface area contributed by atoms with Crippen LogP contribution < -0.4 is 5.32 Å². The van der Waals surface area contributed by atoms with E-state index in [2.05, 4.69) is 21.2 Å². The molecule has 1 atom stereocenters. The lowest BCUT2D eigenvalue weighted by Crippen LogP contribution is -2.30. The first-order valence-electron chi connectivity index (χ1n) is 8.78. The normalized spacial score (nSPS) is 12.4. The molecule has 7 heteroatoms. The molecule has 1 amide bonds. The van der Waals surface area contributed by atoms with E-state index >= 15 is 0 Å². The maximum absolute atomic E-state index is 14.7. The lowest BCUT2D eigenvalue weighted by molar-refractivity contribution is 0.0941. The van der Waals surface area contributed by atoms with E-state index in [1.165, 1.54) is 18.2 Å². The topological polar surface area (TPSA) is 63.2 Å². The van der Waals surface area contributed by atoms with Crippen LogP contribution in [0.1, 0.15) is 33.1 Å². The van der Waals surface area contributed by atoms with E-state index in [1.54, 1.807) is 49.4 Å². The number of nitrogens with one attached hydrogen (secondary N) is 1. The Hall–Kier alpha value is -2.51. The van der Waals surface area contributed by atoms with Crippen molar-refractivity contribution in [1.82, 2.24) is 5.32 Å². The molecule has 3 aromatic rings. The standard InChI is InChI=1S/C22H19BrFNO3S/c1-14-8-10-17(29(2,27)28)13-19(14)22(26)25-21(15-6-4-3-5-7-15)18-11-9-16(23)12-20(18)24/h3-13,21H,1-2H3,(H,25,26). The van der Waals surface area contributed by atoms with Gasteiger partial charge in [0, 0.05) is 21.9 Å². The maximum atomic E-state index is 14.7. The van der Waals surface area contributed by atoms with Crippen LogP contribution in [0.2, 0.25) is 0 Å². The van der Waals surface area contributed by atoms with Crippen LogP contribution in [-0.2, 0) is 9.84 Å². The molecule has 0 fully saturated rings. The second-order valence-electron chi connectivity index (χ2n) is 6.73. The summed E-state index contributed by atoms with van der Waals surface area (Å²) in [6.45, 7) is 1.72. The van der Waals surface area contributed by atoms with Gasteiger partial charge in [0.05, 0.1) is 10.9 Å². The summed E-state index contributed by atoms with van der Waals surface area (Å²) < 4.78 is 39.0. The molecular weight excluding hydrogens is 457 g/mol. The number of benzene rings is 3. The lowest BCUT2D eigenvalue weighted by atomic mass is 9.97. The van der Waals surface area contributed by atoms with Crippen molar-refractivity contribution in [3.05, 3.63) is 99.3 Å². The van der Waals surface area contributed by atoms with Crippen LogP contribution in [0.25, 0.3) is 0 Å². The van der Waals surface area contributed by atoms with E-state index in [1.807, 2.05) is 6.07 Å². The van der Waals surface area contributed by atoms with Crippen molar-refractivity contribution in [2.24, 2.45) is 0 Å². The molecule has 3 aromatic carbocycles. The third-order valence-electron chi connectivity index (χ3n) is 4.56. The van der Waals surface area contributed by atoms with E-state index in [9.17, 15) is 17.6 Å². The van der Waals surface area contributed by atoms with Crippen molar-refractivity contribution in [1.29, 1.82) is 0 Å². The fraction of sp³-hybridized carbons (Fsp3) is 0.136. The van der Waals surface area contributed by atoms with Gasteiger partial charge in [-0.05, 0) is 42.3 Å². The molecule has 0 saturated heterocycles. The van der Waals surface area contributed by atoms with Crippen molar-refractivity contribution in [3.8, 4) is 0 Å². The quantitative estimate of drug-likeness (QED) is 0.575. The summed E-state index contributed by atoms with van der Waals surface area (Å²) in [6, 6.07) is 17.4. The summed E-state index contributed by atoms with van der Waals surface area (Å²) in [5.74, 6) is -0.945. The monoisotopic (exact) mass is 475 g/mol. The maximum Gasteiger partial charge on any atom is 0.252 e. The Morgan fingerprint density at radius 1 is 1.03 bits per heavy atom. The molecule has 0 aliphatic rings. The first-order valence-corrected chi connectivity index (χ1v) is 11.5. The van der Waals surface area contributed by atoms with E-state index in [4.69, 9.17) is 0 Å². The highest BCUT2D eigenvalue weighted by Gasteiger charge is 2.22. The Morgan fingerprint density at radius 3 is 2.34 bits per heavy atom. The van der Waals surface area contributed by atoms with Crippen molar-refractivity contribution in [3.63, 3.8) is 0 Å². The number of rotatable bonds is 5. The SMILES string of the molecule is Cc1ccc(S(C)(=O)=O)cc1C(=O)NC(c1ccccc1)c1ccc(Br)cc1F. The summed E-state index contributed by atoms with van der Waals surface area (Å²) in [5.41, 5.74) is 1.87. The van der Waals surface area contributed by atoms with E-state index in [-0.39, 0.29) is 10.5 Å². The van der Waals surface area contributed by atoms with Gasteiger partial charge in [-0.25, -0.2) is 12.8 Å². The predicted molar refractivity (Wildman–Crippen MR) is 114 cm³/mol. The van der Waals surface area contributed by atoms with Crippen molar-refractivity contribution in [2.75, 3.05) is 6.26 Å². The number of hydrogen-bond donors (Lipinski definition) is 1. The second-order valence-corrected chi connectivity index (χ2v) is 9.66. The molecule has 1 N–H and O–H groups in total. The van der Waals surface area contributed by atoms with Gasteiger partial charge in [0.1, 0.15) is 5.82 Å². The van der Waals surface area contributed by atoms with Gasteiger partial charge < -0.3 is 5.32 Å². The second kappa shape index (κ2) is 8.47. The lowest BCUT2D eigenvalue weighted by Gasteiger charge is -2.21. The average molecular weight is 476 g/mol. The van der Waals surface area contributed by atoms with Gasteiger partial charge in [-0.1, -0.05) is 58.4 Å². The van der Waals surface area contributed by atoms with Gasteiger partial charge in [0.15, 0.2) is 9.84 Å². The van der Waals surface area contributed by atoms with Gasteiger partial charge in [-0.2, -0.15) is 0 Å². The van der Waals surface area contributed by atoms with Crippen LogP contribution in [0.15, 0.2) is 76.1 Å². The molecule has 0 heterocycles. The molecule has 1 unspecified atom stereocenters. The van der Waals surface area contributed by atoms with Crippen molar-refractivity contribution in [2.45, 2.75) is 17.9 Å². The molecule has 3 rings (SSSR count). The molecule has 0 spiro atoms. The Balaban J connectivity index is 2.04. The third-order valence-corrected chi connectivity index (χ3v) is 6.17. The zero-order valence-corrected chi connectivity index (χ0v) is 18.2. The summed E-state index contributed by atoms with van der Waals surface area (Å²) in [5, 5.41) is 2.86. The number of aryl methyl sites for hydroxylation is 1. The highest BCUT2D eigenvalue weighted by molar-refractivity contribution is 9.10. The molecule has 0 aliphatic heterocycles. The zero-order valence-electron chi connectivity index (χ0n) is 15.8. The minimum Gasteiger partial charge on any atom is -0.341 e. The first kappa shape index (κ1) is 21.2. The highest BCUT2D eigenvalue weighted by atomic mass is 79.9. The number of halogens is 2. The fourth-order valence-electron chi connectivity index (χ4n) is 3.01. The van der Waals surface area contributed by atoms with Gasteiger partial charge in [0.2, 0.25) is 0 Å². The zero-order chi connectivity index (χ0) is 21.2. The molecule has 150 valence electrons. The van der Waals surface area contributed by atoms with Crippen LogP contribution in [0.3, 0.4) is 0 Å².